The Bertz CT molecular complexity index is 606. The molecule has 2 aromatic rings. The summed E-state index contributed by atoms with van der Waals surface area (Å²) in [6.45, 7) is -0.583. The third kappa shape index (κ3) is 2.34. The summed E-state index contributed by atoms with van der Waals surface area (Å²) in [4.78, 5) is 3.09. The van der Waals surface area contributed by atoms with E-state index in [1.807, 2.05) is 24.3 Å². The van der Waals surface area contributed by atoms with Gasteiger partial charge in [-0.15, -0.1) is 0 Å². The third-order valence-electron chi connectivity index (χ3n) is 3.83. The number of hydrogen-bond acceptors (Lipinski definition) is 5. The van der Waals surface area contributed by atoms with Gasteiger partial charge >= 0.3 is 0 Å². The lowest BCUT2D eigenvalue weighted by Crippen LogP contribution is -2.61. The van der Waals surface area contributed by atoms with Crippen molar-refractivity contribution in [2.24, 2.45) is 0 Å². The fraction of sp³-hybridized carbons (Fsp3) is 0.429. The van der Waals surface area contributed by atoms with Crippen molar-refractivity contribution in [1.29, 1.82) is 0 Å². The zero-order valence-electron chi connectivity index (χ0n) is 11.0. The van der Waals surface area contributed by atoms with E-state index in [1.165, 1.54) is 0 Å². The van der Waals surface area contributed by atoms with Gasteiger partial charge in [-0.3, -0.25) is 0 Å². The molecular weight excluding hydrogens is 298 g/mol. The van der Waals surface area contributed by atoms with Gasteiger partial charge in [0.05, 0.1) is 6.61 Å². The molecule has 1 aliphatic heterocycles. The van der Waals surface area contributed by atoms with Crippen molar-refractivity contribution >= 4 is 22.5 Å². The molecule has 2 heterocycles. The first-order valence-electron chi connectivity index (χ1n) is 6.56. The summed E-state index contributed by atoms with van der Waals surface area (Å²) >= 11 is 5.77. The molecule has 5 atom stereocenters. The number of aromatic nitrogens is 1. The van der Waals surface area contributed by atoms with E-state index in [4.69, 9.17) is 16.3 Å². The molecule has 114 valence electrons. The summed E-state index contributed by atoms with van der Waals surface area (Å²) < 4.78 is 5.48. The summed E-state index contributed by atoms with van der Waals surface area (Å²) in [6, 6.07) is 9.28. The predicted molar refractivity (Wildman–Crippen MR) is 75.8 cm³/mol. The molecule has 1 aliphatic rings. The molecule has 0 saturated carbocycles. The number of H-pyrrole nitrogens is 1. The van der Waals surface area contributed by atoms with Crippen LogP contribution in [0.2, 0.25) is 0 Å². The Kier molecular flexibility index (Phi) is 3.69. The van der Waals surface area contributed by atoms with Gasteiger partial charge in [-0.2, -0.15) is 0 Å². The normalized spacial score (nSPS) is 37.0. The van der Waals surface area contributed by atoms with Gasteiger partial charge in [-0.05, 0) is 17.5 Å². The summed E-state index contributed by atoms with van der Waals surface area (Å²) in [7, 11) is 0. The standard InChI is InChI=1S/C14H16ClNO5/c15-14(20)10(6-17)21-12(11(18)13(14)19)9-5-7-3-1-2-4-8(7)16-9/h1-5,10-13,16-20H,6H2/t10-,11+,12+,13-,14-/m1/s1. The molecule has 21 heavy (non-hydrogen) atoms. The lowest BCUT2D eigenvalue weighted by atomic mass is 9.93. The van der Waals surface area contributed by atoms with Gasteiger partial charge in [0.25, 0.3) is 0 Å². The number of para-hydroxylation sites is 1. The molecule has 0 aliphatic carbocycles. The molecule has 0 bridgehead atoms. The van der Waals surface area contributed by atoms with Crippen molar-refractivity contribution < 1.29 is 25.2 Å². The first kappa shape index (κ1) is 14.8. The van der Waals surface area contributed by atoms with Gasteiger partial charge in [0.1, 0.15) is 24.4 Å². The molecule has 0 unspecified atom stereocenters. The van der Waals surface area contributed by atoms with Gasteiger partial charge in [-0.1, -0.05) is 29.8 Å². The van der Waals surface area contributed by atoms with Crippen LogP contribution in [0.4, 0.5) is 0 Å². The molecule has 3 rings (SSSR count). The zero-order valence-corrected chi connectivity index (χ0v) is 11.7. The monoisotopic (exact) mass is 313 g/mol. The molecule has 6 nitrogen and oxygen atoms in total. The highest BCUT2D eigenvalue weighted by atomic mass is 35.5. The first-order chi connectivity index (χ1) is 9.95. The number of rotatable bonds is 2. The predicted octanol–water partition coefficient (Wildman–Crippen LogP) is 0.249. The molecule has 0 spiro atoms. The molecule has 1 fully saturated rings. The highest BCUT2D eigenvalue weighted by Crippen LogP contribution is 2.39. The van der Waals surface area contributed by atoms with E-state index in [9.17, 15) is 20.4 Å². The number of halogens is 1. The number of aliphatic hydroxyl groups is 4. The number of ether oxygens (including phenoxy) is 1. The van der Waals surface area contributed by atoms with Crippen molar-refractivity contribution in [1.82, 2.24) is 4.98 Å². The van der Waals surface area contributed by atoms with Crippen molar-refractivity contribution in [2.75, 3.05) is 6.61 Å². The van der Waals surface area contributed by atoms with E-state index in [0.29, 0.717) is 5.69 Å². The van der Waals surface area contributed by atoms with E-state index in [0.717, 1.165) is 10.9 Å². The maximum Gasteiger partial charge on any atom is 0.195 e. The van der Waals surface area contributed by atoms with E-state index in [1.54, 1.807) is 6.07 Å². The van der Waals surface area contributed by atoms with Gasteiger partial charge in [0, 0.05) is 11.2 Å². The smallest absolute Gasteiger partial charge is 0.195 e. The highest BCUT2D eigenvalue weighted by molar-refractivity contribution is 6.23. The van der Waals surface area contributed by atoms with Gasteiger partial charge < -0.3 is 30.1 Å². The van der Waals surface area contributed by atoms with Crippen LogP contribution in [0.25, 0.3) is 10.9 Å². The average Bonchev–Trinajstić information content (AvgIpc) is 2.89. The molecular formula is C14H16ClNO5. The van der Waals surface area contributed by atoms with Crippen molar-refractivity contribution in [3.05, 3.63) is 36.0 Å². The number of hydrogen-bond donors (Lipinski definition) is 5. The highest BCUT2D eigenvalue weighted by Gasteiger charge is 2.54. The topological polar surface area (TPSA) is 106 Å². The Labute approximate surface area is 125 Å². The number of alkyl halides is 1. The van der Waals surface area contributed by atoms with E-state index in [-0.39, 0.29) is 0 Å². The van der Waals surface area contributed by atoms with Crippen LogP contribution in [0.3, 0.4) is 0 Å². The maximum absolute atomic E-state index is 10.1. The Morgan fingerprint density at radius 2 is 2.00 bits per heavy atom. The van der Waals surface area contributed by atoms with Crippen LogP contribution in [0.1, 0.15) is 11.8 Å². The van der Waals surface area contributed by atoms with E-state index >= 15 is 0 Å². The van der Waals surface area contributed by atoms with Gasteiger partial charge in [-0.25, -0.2) is 0 Å². The molecule has 5 N–H and O–H groups in total. The molecule has 0 amide bonds. The minimum Gasteiger partial charge on any atom is -0.394 e. The van der Waals surface area contributed by atoms with Crippen LogP contribution < -0.4 is 0 Å². The Morgan fingerprint density at radius 1 is 1.29 bits per heavy atom. The van der Waals surface area contributed by atoms with Crippen LogP contribution in [0.5, 0.6) is 0 Å². The fourth-order valence-electron chi connectivity index (χ4n) is 2.63. The average molecular weight is 314 g/mol. The van der Waals surface area contributed by atoms with Gasteiger partial charge in [0.15, 0.2) is 5.06 Å². The van der Waals surface area contributed by atoms with E-state index in [2.05, 4.69) is 4.98 Å². The van der Waals surface area contributed by atoms with Crippen molar-refractivity contribution in [3.63, 3.8) is 0 Å². The summed E-state index contributed by atoms with van der Waals surface area (Å²) in [5, 5.41) is 38.0. The lowest BCUT2D eigenvalue weighted by molar-refractivity contribution is -0.249. The van der Waals surface area contributed by atoms with Crippen LogP contribution in [-0.2, 0) is 4.74 Å². The summed E-state index contributed by atoms with van der Waals surface area (Å²) in [5.74, 6) is 0. The first-order valence-corrected chi connectivity index (χ1v) is 6.94. The van der Waals surface area contributed by atoms with Crippen molar-refractivity contribution in [2.45, 2.75) is 29.5 Å². The third-order valence-corrected chi connectivity index (χ3v) is 4.30. The lowest BCUT2D eigenvalue weighted by Gasteiger charge is -2.44. The summed E-state index contributed by atoms with van der Waals surface area (Å²) in [5.41, 5.74) is 1.39. The van der Waals surface area contributed by atoms with Crippen LogP contribution >= 0.6 is 11.6 Å². The SMILES string of the molecule is OC[C@H]1O[C@@H](c2cc3ccccc3[nH]2)[C@H](O)[C@@H](O)[C@@]1(O)Cl. The number of fused-ring (bicyclic) bond motifs is 1. The molecule has 1 saturated heterocycles. The van der Waals surface area contributed by atoms with E-state index < -0.39 is 36.1 Å². The Hall–Kier alpha value is -1.15. The van der Waals surface area contributed by atoms with Crippen molar-refractivity contribution in [3.8, 4) is 0 Å². The second kappa shape index (κ2) is 5.24. The minimum atomic E-state index is -2.24. The van der Waals surface area contributed by atoms with Crippen LogP contribution in [-0.4, -0.2) is 55.4 Å². The zero-order chi connectivity index (χ0) is 15.2. The Balaban J connectivity index is 1.97. The van der Waals surface area contributed by atoms with Crippen LogP contribution in [0, 0.1) is 0 Å². The largest absolute Gasteiger partial charge is 0.394 e. The minimum absolute atomic E-state index is 0.536. The molecule has 1 aromatic heterocycles. The molecule has 1 aromatic carbocycles. The molecule has 7 heteroatoms. The maximum atomic E-state index is 10.1. The number of nitrogens with one attached hydrogen (secondary N) is 1. The fourth-order valence-corrected chi connectivity index (χ4v) is 2.88. The molecule has 0 radical (unpaired) electrons. The summed E-state index contributed by atoms with van der Waals surface area (Å²) in [6.07, 6.45) is -5.22. The quantitative estimate of drug-likeness (QED) is 0.511. The Morgan fingerprint density at radius 3 is 2.67 bits per heavy atom. The number of benzene rings is 1. The number of aromatic amines is 1. The van der Waals surface area contributed by atoms with Crippen LogP contribution in [0.15, 0.2) is 30.3 Å². The second-order valence-corrected chi connectivity index (χ2v) is 5.81. The second-order valence-electron chi connectivity index (χ2n) is 5.20. The van der Waals surface area contributed by atoms with Gasteiger partial charge in [0.2, 0.25) is 0 Å². The number of aliphatic hydroxyl groups excluding tert-OH is 3.